The quantitative estimate of drug-likeness (QED) is 0.0698. The average Bonchev–Trinajstić information content (AvgIpc) is 3.70. The van der Waals surface area contributed by atoms with Crippen LogP contribution < -0.4 is 44.0 Å². The van der Waals surface area contributed by atoms with Crippen molar-refractivity contribution in [3.63, 3.8) is 0 Å². The van der Waals surface area contributed by atoms with Gasteiger partial charge in [0.1, 0.15) is 18.3 Å². The number of hydrogen-bond acceptors (Lipinski definition) is 35. The lowest BCUT2D eigenvalue weighted by atomic mass is 10.1. The Morgan fingerprint density at radius 3 is 0.815 bits per heavy atom. The van der Waals surface area contributed by atoms with Crippen molar-refractivity contribution in [2.75, 3.05) is 34.0 Å². The van der Waals surface area contributed by atoms with Gasteiger partial charge in [-0.3, -0.25) is 41.1 Å². The van der Waals surface area contributed by atoms with E-state index in [4.69, 9.17) is 19.1 Å². The molecule has 3 fully saturated rings. The summed E-state index contributed by atoms with van der Waals surface area (Å²) in [6.45, 7) is 2.69. The molecule has 0 aromatic rings. The molecule has 0 aliphatic carbocycles. The molecule has 3 saturated heterocycles. The summed E-state index contributed by atoms with van der Waals surface area (Å²) < 4.78 is 155. The molecule has 0 spiro atoms. The number of phosphoric acid groups is 9. The van der Waals surface area contributed by atoms with Crippen molar-refractivity contribution in [2.24, 2.45) is 0 Å². The lowest BCUT2D eigenvalue weighted by Crippen LogP contribution is -2.27. The van der Waals surface area contributed by atoms with Crippen LogP contribution in [0.2, 0.25) is 0 Å². The van der Waals surface area contributed by atoms with Crippen molar-refractivity contribution in [1.82, 2.24) is 0 Å². The van der Waals surface area contributed by atoms with Crippen molar-refractivity contribution in [3.8, 4) is 0 Å². The Morgan fingerprint density at radius 2 is 0.631 bits per heavy atom. The van der Waals surface area contributed by atoms with Crippen LogP contribution in [0.25, 0.3) is 0 Å². The van der Waals surface area contributed by atoms with Crippen LogP contribution in [0.4, 0.5) is 0 Å². The molecule has 4 N–H and O–H groups in total. The van der Waals surface area contributed by atoms with E-state index in [0.29, 0.717) is 14.2 Å². The summed E-state index contributed by atoms with van der Waals surface area (Å²) >= 11 is 0. The summed E-state index contributed by atoms with van der Waals surface area (Å²) in [5, 5.41) is 28.5. The standard InChI is InChI=1S/2C7H17O12P3.C6H15O12P3/c2*1-5-3-6(8)7(17-5)4-16-21(11,12)19-22(13,14)18-20(9,10)15-2;1-4-2-5(7)6(16-4)3-15-20(11,12)18-21(13,14)17-19(8,9)10/h2*5-8H,3-4H2,1-2H3,(H,9,10)(H,11,12)(H,13,14);4-7H,2-3H2,1H3,(H,11,12)(H,13,14)(H2,8,9,10)/p-9/t2*5-,6?,7+;4-,5?,6+/m000/s1. The van der Waals surface area contributed by atoms with E-state index in [1.54, 1.807) is 20.8 Å². The van der Waals surface area contributed by atoms with E-state index >= 15 is 0 Å². The Hall–Kier alpha value is 0.990. The SMILES string of the molecule is COP(=O)([O-])OP(=O)([O-])OP(=O)([O-])OC[C@H]1O[C@@H](C)CC1O.COP(=O)([O-])OP(=O)([O-])OP(=O)([O-])OC[C@H]1O[C@@H](C)CC1O.C[C@H]1CC(O)[C@@H](COP(=O)([O-])OP(=O)([O-])OP(=O)([O-])O)O1. The highest BCUT2D eigenvalue weighted by atomic mass is 31.3. The molecule has 3 rings (SSSR count). The van der Waals surface area contributed by atoms with Crippen LogP contribution in [0.1, 0.15) is 40.0 Å². The molecule has 0 aromatic carbocycles. The maximum absolute atomic E-state index is 11.3. The second-order valence-electron chi connectivity index (χ2n) is 12.7. The molecule has 0 aromatic heterocycles. The largest absolute Gasteiger partial charge is 0.756 e. The molecule has 12 unspecified atom stereocenters. The zero-order valence-electron chi connectivity index (χ0n) is 33.3. The first-order chi connectivity index (χ1) is 29.0. The van der Waals surface area contributed by atoms with Crippen LogP contribution in [0.5, 0.6) is 0 Å². The molecule has 36 nitrogen and oxygen atoms in total. The van der Waals surface area contributed by atoms with Crippen molar-refractivity contribution in [3.05, 3.63) is 0 Å². The number of ether oxygens (including phenoxy) is 3. The molecule has 45 heteroatoms. The van der Waals surface area contributed by atoms with E-state index in [2.05, 4.69) is 48.5 Å². The van der Waals surface area contributed by atoms with Gasteiger partial charge in [0.05, 0.1) is 56.4 Å². The summed E-state index contributed by atoms with van der Waals surface area (Å²) in [4.78, 5) is 107. The Kier molecular flexibility index (Phi) is 25.2. The summed E-state index contributed by atoms with van der Waals surface area (Å²) in [7, 11) is -49.0. The molecule has 3 heterocycles. The molecule has 390 valence electrons. The normalized spacial score (nSPS) is 34.2. The maximum atomic E-state index is 11.3. The first-order valence-corrected chi connectivity index (χ1v) is 30.0. The first kappa shape index (κ1) is 64.0. The van der Waals surface area contributed by atoms with Crippen LogP contribution in [0.3, 0.4) is 0 Å². The van der Waals surface area contributed by atoms with Crippen molar-refractivity contribution >= 4 is 70.4 Å². The Bertz CT molecular complexity index is 1880. The third-order valence-electron chi connectivity index (χ3n) is 7.07. The third kappa shape index (κ3) is 27.4. The Balaban J connectivity index is 0.000000488. The molecule has 18 atom stereocenters. The summed E-state index contributed by atoms with van der Waals surface area (Å²) in [6, 6.07) is 0. The van der Waals surface area contributed by atoms with E-state index in [1.165, 1.54) is 0 Å². The third-order valence-corrected chi connectivity index (χ3v) is 19.0. The van der Waals surface area contributed by atoms with E-state index < -0.39 is 127 Å². The fourth-order valence-electron chi connectivity index (χ4n) is 4.68. The van der Waals surface area contributed by atoms with Gasteiger partial charge in [-0.1, -0.05) is 0 Å². The lowest BCUT2D eigenvalue weighted by Gasteiger charge is -2.34. The van der Waals surface area contributed by atoms with Crippen molar-refractivity contribution in [2.45, 2.75) is 95.0 Å². The smallest absolute Gasteiger partial charge is 0.280 e. The lowest BCUT2D eigenvalue weighted by molar-refractivity contribution is -0.255. The second-order valence-corrected chi connectivity index (χ2v) is 26.2. The minimum Gasteiger partial charge on any atom is -0.756 e. The van der Waals surface area contributed by atoms with Gasteiger partial charge in [0.15, 0.2) is 0 Å². The van der Waals surface area contributed by atoms with Crippen LogP contribution in [-0.2, 0) is 104 Å². The predicted octanol–water partition coefficient (Wildman–Crippen LogP) is -4.78. The van der Waals surface area contributed by atoms with E-state index in [9.17, 15) is 100 Å². The molecule has 0 amide bonds. The number of phosphoric ester groups is 5. The van der Waals surface area contributed by atoms with Crippen molar-refractivity contribution in [1.29, 1.82) is 0 Å². The topological polar surface area (TPSA) is 571 Å². The first-order valence-electron chi connectivity index (χ1n) is 16.9. The van der Waals surface area contributed by atoms with Gasteiger partial charge >= 0.3 is 0 Å². The Labute approximate surface area is 367 Å². The van der Waals surface area contributed by atoms with Gasteiger partial charge in [0.2, 0.25) is 0 Å². The minimum atomic E-state index is -5.90. The fourth-order valence-corrected chi connectivity index (χ4v) is 13.8. The van der Waals surface area contributed by atoms with Crippen LogP contribution in [0.15, 0.2) is 0 Å². The monoisotopic (exact) mass is 1130 g/mol. The zero-order valence-corrected chi connectivity index (χ0v) is 41.4. The van der Waals surface area contributed by atoms with Crippen LogP contribution in [-0.4, -0.2) is 109 Å². The second kappa shape index (κ2) is 25.6. The van der Waals surface area contributed by atoms with Gasteiger partial charge in [-0.05, 0) is 20.8 Å². The summed E-state index contributed by atoms with van der Waals surface area (Å²) in [5.41, 5.74) is 0. The van der Waals surface area contributed by atoms with Crippen LogP contribution >= 0.6 is 70.4 Å². The van der Waals surface area contributed by atoms with E-state index in [0.717, 1.165) is 0 Å². The highest BCUT2D eigenvalue weighted by Gasteiger charge is 2.36. The molecular weight excluding hydrogens is 1090 g/mol. The molecule has 0 saturated carbocycles. The highest BCUT2D eigenvalue weighted by molar-refractivity contribution is 7.66. The zero-order chi connectivity index (χ0) is 50.8. The van der Waals surface area contributed by atoms with Gasteiger partial charge in [-0.15, -0.1) is 0 Å². The number of aliphatic hydroxyl groups is 3. The van der Waals surface area contributed by atoms with Gasteiger partial charge < -0.3 is 101 Å². The molecule has 3 aliphatic rings. The predicted molar refractivity (Wildman–Crippen MR) is 184 cm³/mol. The van der Waals surface area contributed by atoms with E-state index in [1.807, 2.05) is 0 Å². The van der Waals surface area contributed by atoms with Gasteiger partial charge in [-0.2, -0.15) is 0 Å². The fraction of sp³-hybridized carbons (Fsp3) is 1.00. The molecule has 3 aliphatic heterocycles. The number of aliphatic hydroxyl groups excluding tert-OH is 3. The summed E-state index contributed by atoms with van der Waals surface area (Å²) in [6.07, 6.45) is -6.36. The van der Waals surface area contributed by atoms with Gasteiger partial charge in [0.25, 0.3) is 70.4 Å². The maximum Gasteiger partial charge on any atom is 0.280 e. The molecule has 65 heavy (non-hydrogen) atoms. The average molecular weight is 1140 g/mol. The molecular formula is C20H40O36P9-9. The molecule has 0 bridgehead atoms. The highest BCUT2D eigenvalue weighted by Crippen LogP contribution is 2.64. The van der Waals surface area contributed by atoms with Crippen LogP contribution in [0, 0.1) is 0 Å². The number of rotatable bonds is 23. The van der Waals surface area contributed by atoms with Gasteiger partial charge in [0, 0.05) is 33.5 Å². The number of hydrogen-bond donors (Lipinski definition) is 4. The van der Waals surface area contributed by atoms with Crippen molar-refractivity contribution < 1.29 is 168 Å². The molecule has 0 radical (unpaired) electrons. The Morgan fingerprint density at radius 1 is 0.415 bits per heavy atom. The summed E-state index contributed by atoms with van der Waals surface area (Å²) in [5.74, 6) is 0. The van der Waals surface area contributed by atoms with Gasteiger partial charge in [-0.25, -0.2) is 25.9 Å². The van der Waals surface area contributed by atoms with E-state index in [-0.39, 0.29) is 37.6 Å². The minimum absolute atomic E-state index is 0.227.